The molecule has 1 aromatic heterocycles. The van der Waals surface area contributed by atoms with Crippen LogP contribution >= 0.6 is 11.6 Å². The van der Waals surface area contributed by atoms with E-state index in [0.29, 0.717) is 41.0 Å². The fraction of sp³-hybridized carbons (Fsp3) is 0.200. The predicted molar refractivity (Wildman–Crippen MR) is 104 cm³/mol. The third-order valence-corrected chi connectivity index (χ3v) is 4.10. The lowest BCUT2D eigenvalue weighted by atomic mass is 10.2. The summed E-state index contributed by atoms with van der Waals surface area (Å²) in [7, 11) is 3.53. The van der Waals surface area contributed by atoms with Gasteiger partial charge in [-0.15, -0.1) is 0 Å². The molecule has 0 radical (unpaired) electrons. The number of nitrogens with zero attached hydrogens (tertiary/aromatic N) is 3. The van der Waals surface area contributed by atoms with Crippen LogP contribution in [-0.2, 0) is 7.05 Å². The zero-order valence-electron chi connectivity index (χ0n) is 15.1. The van der Waals surface area contributed by atoms with E-state index in [1.165, 1.54) is 0 Å². The number of hydrogen-bond donors (Lipinski definition) is 0. The molecule has 1 heterocycles. The summed E-state index contributed by atoms with van der Waals surface area (Å²) in [6, 6.07) is 14.3. The number of ether oxygens (including phenoxy) is 2. The van der Waals surface area contributed by atoms with Crippen molar-refractivity contribution in [2.45, 2.75) is 0 Å². The van der Waals surface area contributed by atoms with Crippen LogP contribution in [0.5, 0.6) is 17.2 Å². The highest BCUT2D eigenvalue weighted by Gasteiger charge is 2.17. The quantitative estimate of drug-likeness (QED) is 0.616. The predicted octanol–water partition coefficient (Wildman–Crippen LogP) is 4.02. The first-order chi connectivity index (χ1) is 13.0. The summed E-state index contributed by atoms with van der Waals surface area (Å²) in [6.07, 6.45) is 3.34. The smallest absolute Gasteiger partial charge is 0.257 e. The van der Waals surface area contributed by atoms with E-state index in [-0.39, 0.29) is 5.91 Å². The summed E-state index contributed by atoms with van der Waals surface area (Å²) >= 11 is 5.94. The Morgan fingerprint density at radius 3 is 2.74 bits per heavy atom. The Morgan fingerprint density at radius 1 is 1.19 bits per heavy atom. The Balaban J connectivity index is 1.62. The molecule has 0 aliphatic carbocycles. The number of para-hydroxylation sites is 1. The summed E-state index contributed by atoms with van der Waals surface area (Å²) < 4.78 is 13.1. The molecule has 0 N–H and O–H groups in total. The third kappa shape index (κ3) is 5.01. The highest BCUT2D eigenvalue weighted by molar-refractivity contribution is 6.30. The summed E-state index contributed by atoms with van der Waals surface area (Å²) in [5.74, 6) is 1.58. The van der Waals surface area contributed by atoms with Crippen LogP contribution in [0, 0.1) is 0 Å². The second-order valence-corrected chi connectivity index (χ2v) is 6.42. The molecule has 0 spiro atoms. The van der Waals surface area contributed by atoms with Crippen molar-refractivity contribution in [3.63, 3.8) is 0 Å². The van der Waals surface area contributed by atoms with E-state index in [0.717, 1.165) is 0 Å². The van der Waals surface area contributed by atoms with E-state index in [2.05, 4.69) is 5.10 Å². The van der Waals surface area contributed by atoms with Gasteiger partial charge >= 0.3 is 0 Å². The SMILES string of the molecule is CN(CCOc1cccc(Cl)c1)C(=O)c1ccccc1Oc1cnn(C)c1. The van der Waals surface area contributed by atoms with Gasteiger partial charge in [-0.3, -0.25) is 9.48 Å². The minimum Gasteiger partial charge on any atom is -0.492 e. The fourth-order valence-electron chi connectivity index (χ4n) is 2.48. The second-order valence-electron chi connectivity index (χ2n) is 5.98. The molecule has 1 amide bonds. The molecule has 3 rings (SSSR count). The Morgan fingerprint density at radius 2 is 2.00 bits per heavy atom. The molecule has 7 heteroatoms. The molecule has 0 fully saturated rings. The van der Waals surface area contributed by atoms with Crippen molar-refractivity contribution in [2.24, 2.45) is 7.05 Å². The molecule has 0 bridgehead atoms. The standard InChI is InChI=1S/C20H20ClN3O3/c1-23(10-11-26-16-7-5-6-15(21)12-16)20(25)18-8-3-4-9-19(18)27-17-13-22-24(2)14-17/h3-9,12-14H,10-11H2,1-2H3. The van der Waals surface area contributed by atoms with E-state index in [1.807, 2.05) is 18.2 Å². The Kier molecular flexibility index (Phi) is 5.98. The van der Waals surface area contributed by atoms with Crippen LogP contribution in [0.3, 0.4) is 0 Å². The topological polar surface area (TPSA) is 56.6 Å². The van der Waals surface area contributed by atoms with Gasteiger partial charge in [0.2, 0.25) is 0 Å². The van der Waals surface area contributed by atoms with Crippen LogP contribution in [0.15, 0.2) is 60.9 Å². The zero-order valence-corrected chi connectivity index (χ0v) is 15.9. The van der Waals surface area contributed by atoms with E-state index >= 15 is 0 Å². The highest BCUT2D eigenvalue weighted by Crippen LogP contribution is 2.25. The second kappa shape index (κ2) is 8.60. The van der Waals surface area contributed by atoms with Crippen molar-refractivity contribution in [3.05, 3.63) is 71.5 Å². The summed E-state index contributed by atoms with van der Waals surface area (Å²) in [5, 5.41) is 4.68. The van der Waals surface area contributed by atoms with Gasteiger partial charge in [0.1, 0.15) is 18.1 Å². The number of halogens is 1. The average molecular weight is 386 g/mol. The number of amides is 1. The van der Waals surface area contributed by atoms with E-state index in [1.54, 1.807) is 66.4 Å². The molecule has 0 atom stereocenters. The number of hydrogen-bond acceptors (Lipinski definition) is 4. The molecule has 0 unspecified atom stereocenters. The summed E-state index contributed by atoms with van der Waals surface area (Å²) in [5.41, 5.74) is 0.478. The molecule has 27 heavy (non-hydrogen) atoms. The monoisotopic (exact) mass is 385 g/mol. The van der Waals surface area contributed by atoms with E-state index in [9.17, 15) is 4.79 Å². The number of likely N-dealkylation sites (N-methyl/N-ethyl adjacent to an activating group) is 1. The molecule has 0 saturated heterocycles. The van der Waals surface area contributed by atoms with E-state index < -0.39 is 0 Å². The minimum atomic E-state index is -0.149. The Hall–Kier alpha value is -2.99. The van der Waals surface area contributed by atoms with Gasteiger partial charge < -0.3 is 14.4 Å². The van der Waals surface area contributed by atoms with Crippen molar-refractivity contribution in [1.82, 2.24) is 14.7 Å². The zero-order chi connectivity index (χ0) is 19.2. The first-order valence-corrected chi connectivity index (χ1v) is 8.80. The molecule has 3 aromatic rings. The maximum atomic E-state index is 12.8. The van der Waals surface area contributed by atoms with Crippen LogP contribution in [0.1, 0.15) is 10.4 Å². The molecule has 2 aromatic carbocycles. The van der Waals surface area contributed by atoms with Crippen LogP contribution in [0.4, 0.5) is 0 Å². The largest absolute Gasteiger partial charge is 0.492 e. The number of aryl methyl sites for hydroxylation is 1. The average Bonchev–Trinajstić information content (AvgIpc) is 3.06. The molecule has 0 saturated carbocycles. The number of carbonyl (C=O) groups is 1. The summed E-state index contributed by atoms with van der Waals surface area (Å²) in [6.45, 7) is 0.779. The fourth-order valence-corrected chi connectivity index (χ4v) is 2.66. The van der Waals surface area contributed by atoms with Crippen molar-refractivity contribution in [1.29, 1.82) is 0 Å². The van der Waals surface area contributed by atoms with Crippen LogP contribution in [-0.4, -0.2) is 40.8 Å². The van der Waals surface area contributed by atoms with Crippen molar-refractivity contribution in [2.75, 3.05) is 20.2 Å². The van der Waals surface area contributed by atoms with E-state index in [4.69, 9.17) is 21.1 Å². The first-order valence-electron chi connectivity index (χ1n) is 8.42. The van der Waals surface area contributed by atoms with Gasteiger partial charge in [0.15, 0.2) is 5.75 Å². The molecular weight excluding hydrogens is 366 g/mol. The molecular formula is C20H20ClN3O3. The van der Waals surface area contributed by atoms with Crippen LogP contribution < -0.4 is 9.47 Å². The molecule has 6 nitrogen and oxygen atoms in total. The normalized spacial score (nSPS) is 10.5. The van der Waals surface area contributed by atoms with Crippen molar-refractivity contribution in [3.8, 4) is 17.2 Å². The maximum Gasteiger partial charge on any atom is 0.257 e. The number of benzene rings is 2. The first kappa shape index (κ1) is 18.8. The lowest BCUT2D eigenvalue weighted by Crippen LogP contribution is -2.31. The van der Waals surface area contributed by atoms with Crippen LogP contribution in [0.2, 0.25) is 5.02 Å². The molecule has 140 valence electrons. The van der Waals surface area contributed by atoms with Gasteiger partial charge in [0.05, 0.1) is 24.5 Å². The lowest BCUT2D eigenvalue weighted by molar-refractivity contribution is 0.0771. The van der Waals surface area contributed by atoms with Gasteiger partial charge in [0, 0.05) is 19.1 Å². The maximum absolute atomic E-state index is 12.8. The Labute approximate surface area is 162 Å². The molecule has 0 aliphatic rings. The molecule has 0 aliphatic heterocycles. The van der Waals surface area contributed by atoms with Crippen LogP contribution in [0.25, 0.3) is 0 Å². The number of carbonyl (C=O) groups excluding carboxylic acids is 1. The number of rotatable bonds is 7. The van der Waals surface area contributed by atoms with Gasteiger partial charge in [-0.2, -0.15) is 5.10 Å². The van der Waals surface area contributed by atoms with Crippen molar-refractivity contribution < 1.29 is 14.3 Å². The Bertz CT molecular complexity index is 926. The summed E-state index contributed by atoms with van der Waals surface area (Å²) in [4.78, 5) is 14.4. The highest BCUT2D eigenvalue weighted by atomic mass is 35.5. The van der Waals surface area contributed by atoms with Gasteiger partial charge in [-0.25, -0.2) is 0 Å². The number of aromatic nitrogens is 2. The third-order valence-electron chi connectivity index (χ3n) is 3.86. The van der Waals surface area contributed by atoms with Gasteiger partial charge in [-0.05, 0) is 30.3 Å². The minimum absolute atomic E-state index is 0.149. The van der Waals surface area contributed by atoms with Gasteiger partial charge in [-0.1, -0.05) is 29.8 Å². The lowest BCUT2D eigenvalue weighted by Gasteiger charge is -2.19. The van der Waals surface area contributed by atoms with Crippen molar-refractivity contribution >= 4 is 17.5 Å². The van der Waals surface area contributed by atoms with Gasteiger partial charge in [0.25, 0.3) is 5.91 Å².